The van der Waals surface area contributed by atoms with E-state index in [4.69, 9.17) is 5.11 Å². The average Bonchev–Trinajstić information content (AvgIpc) is 2.70. The molecule has 2 rings (SSSR count). The molecule has 116 valence electrons. The van der Waals surface area contributed by atoms with Crippen molar-refractivity contribution < 1.29 is 14.7 Å². The second kappa shape index (κ2) is 6.28. The van der Waals surface area contributed by atoms with E-state index in [0.717, 1.165) is 24.2 Å². The number of rotatable bonds is 4. The van der Waals surface area contributed by atoms with E-state index in [2.05, 4.69) is 5.10 Å². The third-order valence-electron chi connectivity index (χ3n) is 4.39. The van der Waals surface area contributed by atoms with Gasteiger partial charge in [0.1, 0.15) is 0 Å². The Morgan fingerprint density at radius 1 is 1.29 bits per heavy atom. The van der Waals surface area contributed by atoms with Gasteiger partial charge in [0, 0.05) is 32.3 Å². The molecule has 1 N–H and O–H groups in total. The molecule has 0 atom stereocenters. The van der Waals surface area contributed by atoms with Crippen LogP contribution in [0, 0.1) is 19.8 Å². The van der Waals surface area contributed by atoms with Gasteiger partial charge in [-0.2, -0.15) is 5.10 Å². The zero-order valence-electron chi connectivity index (χ0n) is 12.9. The van der Waals surface area contributed by atoms with Crippen LogP contribution in [0.3, 0.4) is 0 Å². The van der Waals surface area contributed by atoms with Crippen molar-refractivity contribution in [3.63, 3.8) is 0 Å². The molecule has 1 amide bonds. The standard InChI is InChI=1S/C15H23N3O3/c1-10-14(11(2)17(3)16-10)15(21)18-8-6-12(7-9-18)4-5-13(19)20/h12H,4-9H2,1-3H3,(H,19,20). The number of hydrogen-bond acceptors (Lipinski definition) is 3. The van der Waals surface area contributed by atoms with Gasteiger partial charge in [-0.3, -0.25) is 14.3 Å². The number of hydrogen-bond donors (Lipinski definition) is 1. The van der Waals surface area contributed by atoms with Crippen LogP contribution >= 0.6 is 0 Å². The molecular formula is C15H23N3O3. The van der Waals surface area contributed by atoms with Crippen molar-refractivity contribution >= 4 is 11.9 Å². The first-order valence-electron chi connectivity index (χ1n) is 7.41. The summed E-state index contributed by atoms with van der Waals surface area (Å²) in [5.41, 5.74) is 2.37. The van der Waals surface area contributed by atoms with Gasteiger partial charge in [-0.05, 0) is 39.0 Å². The van der Waals surface area contributed by atoms with Crippen molar-refractivity contribution in [3.05, 3.63) is 17.0 Å². The van der Waals surface area contributed by atoms with Crippen LogP contribution in [0.15, 0.2) is 0 Å². The van der Waals surface area contributed by atoms with E-state index in [1.165, 1.54) is 0 Å². The average molecular weight is 293 g/mol. The highest BCUT2D eigenvalue weighted by Gasteiger charge is 2.27. The Balaban J connectivity index is 1.96. The molecule has 1 aromatic heterocycles. The lowest BCUT2D eigenvalue weighted by Gasteiger charge is -2.32. The summed E-state index contributed by atoms with van der Waals surface area (Å²) in [5.74, 6) is -0.272. The molecule has 0 spiro atoms. The number of carboxylic acid groups (broad SMARTS) is 1. The Morgan fingerprint density at radius 3 is 2.38 bits per heavy atom. The maximum atomic E-state index is 12.6. The van der Waals surface area contributed by atoms with Gasteiger partial charge >= 0.3 is 5.97 Å². The molecule has 0 bridgehead atoms. The van der Waals surface area contributed by atoms with Crippen LogP contribution in [-0.4, -0.2) is 44.8 Å². The SMILES string of the molecule is Cc1nn(C)c(C)c1C(=O)N1CCC(CCC(=O)O)CC1. The van der Waals surface area contributed by atoms with Gasteiger partial charge in [-0.15, -0.1) is 0 Å². The number of piperidine rings is 1. The van der Waals surface area contributed by atoms with Gasteiger partial charge in [0.2, 0.25) is 0 Å². The third kappa shape index (κ3) is 3.43. The molecule has 6 nitrogen and oxygen atoms in total. The van der Waals surface area contributed by atoms with Crippen molar-refractivity contribution in [2.45, 2.75) is 39.5 Å². The number of carbonyl (C=O) groups excluding carboxylic acids is 1. The highest BCUT2D eigenvalue weighted by atomic mass is 16.4. The van der Waals surface area contributed by atoms with Crippen LogP contribution in [0.1, 0.15) is 47.4 Å². The maximum absolute atomic E-state index is 12.6. The summed E-state index contributed by atoms with van der Waals surface area (Å²) in [6, 6.07) is 0. The first-order valence-corrected chi connectivity index (χ1v) is 7.41. The topological polar surface area (TPSA) is 75.4 Å². The number of carbonyl (C=O) groups is 2. The largest absolute Gasteiger partial charge is 0.481 e. The predicted molar refractivity (Wildman–Crippen MR) is 78.2 cm³/mol. The Hall–Kier alpha value is -1.85. The highest BCUT2D eigenvalue weighted by Crippen LogP contribution is 2.24. The van der Waals surface area contributed by atoms with Gasteiger partial charge in [0.05, 0.1) is 11.3 Å². The third-order valence-corrected chi connectivity index (χ3v) is 4.39. The van der Waals surface area contributed by atoms with Crippen molar-refractivity contribution in [1.29, 1.82) is 0 Å². The molecule has 1 fully saturated rings. The molecule has 1 aromatic rings. The minimum atomic E-state index is -0.741. The Bertz CT molecular complexity index is 543. The molecule has 1 saturated heterocycles. The number of likely N-dealkylation sites (tertiary alicyclic amines) is 1. The van der Waals surface area contributed by atoms with Crippen LogP contribution in [0.2, 0.25) is 0 Å². The van der Waals surface area contributed by atoms with E-state index in [1.54, 1.807) is 4.68 Å². The van der Waals surface area contributed by atoms with Gasteiger partial charge in [-0.1, -0.05) is 0 Å². The summed E-state index contributed by atoms with van der Waals surface area (Å²) in [7, 11) is 1.84. The molecule has 1 aliphatic rings. The molecule has 2 heterocycles. The fraction of sp³-hybridized carbons (Fsp3) is 0.667. The van der Waals surface area contributed by atoms with Gasteiger partial charge in [0.25, 0.3) is 5.91 Å². The monoisotopic (exact) mass is 293 g/mol. The van der Waals surface area contributed by atoms with Gasteiger partial charge in [0.15, 0.2) is 0 Å². The zero-order valence-corrected chi connectivity index (χ0v) is 12.9. The Kier molecular flexibility index (Phi) is 4.65. The molecule has 0 saturated carbocycles. The zero-order chi connectivity index (χ0) is 15.6. The van der Waals surface area contributed by atoms with E-state index in [-0.39, 0.29) is 12.3 Å². The summed E-state index contributed by atoms with van der Waals surface area (Å²) in [6.07, 6.45) is 2.70. The predicted octanol–water partition coefficient (Wildman–Crippen LogP) is 1.75. The lowest BCUT2D eigenvalue weighted by atomic mass is 9.92. The molecule has 0 radical (unpaired) electrons. The fourth-order valence-corrected chi connectivity index (χ4v) is 2.99. The summed E-state index contributed by atoms with van der Waals surface area (Å²) < 4.78 is 1.74. The Morgan fingerprint density at radius 2 is 1.90 bits per heavy atom. The molecule has 0 aliphatic carbocycles. The minimum absolute atomic E-state index is 0.0507. The van der Waals surface area contributed by atoms with Gasteiger partial charge < -0.3 is 10.0 Å². The summed E-state index contributed by atoms with van der Waals surface area (Å²) in [4.78, 5) is 25.1. The number of aliphatic carboxylic acids is 1. The quantitative estimate of drug-likeness (QED) is 0.917. The minimum Gasteiger partial charge on any atom is -0.481 e. The Labute approximate surface area is 124 Å². The second-order valence-electron chi connectivity index (χ2n) is 5.84. The number of carboxylic acids is 1. The van der Waals surface area contributed by atoms with E-state index in [9.17, 15) is 9.59 Å². The van der Waals surface area contributed by atoms with Crippen LogP contribution in [0.5, 0.6) is 0 Å². The summed E-state index contributed by atoms with van der Waals surface area (Å²) in [6.45, 7) is 5.18. The van der Waals surface area contributed by atoms with Crippen LogP contribution in [0.25, 0.3) is 0 Å². The van der Waals surface area contributed by atoms with Crippen LogP contribution in [0.4, 0.5) is 0 Å². The smallest absolute Gasteiger partial charge is 0.303 e. The molecule has 21 heavy (non-hydrogen) atoms. The summed E-state index contributed by atoms with van der Waals surface area (Å²) >= 11 is 0. The molecule has 6 heteroatoms. The lowest BCUT2D eigenvalue weighted by molar-refractivity contribution is -0.137. The number of nitrogens with zero attached hydrogens (tertiary/aromatic N) is 3. The van der Waals surface area contributed by atoms with Crippen LogP contribution in [-0.2, 0) is 11.8 Å². The van der Waals surface area contributed by atoms with E-state index < -0.39 is 5.97 Å². The van der Waals surface area contributed by atoms with Crippen molar-refractivity contribution in [2.75, 3.05) is 13.1 Å². The summed E-state index contributed by atoms with van der Waals surface area (Å²) in [5, 5.41) is 13.0. The number of aryl methyl sites for hydroxylation is 2. The number of aromatic nitrogens is 2. The van der Waals surface area contributed by atoms with E-state index in [1.807, 2.05) is 25.8 Å². The first-order chi connectivity index (χ1) is 9.90. The van der Waals surface area contributed by atoms with E-state index >= 15 is 0 Å². The highest BCUT2D eigenvalue weighted by molar-refractivity contribution is 5.96. The second-order valence-corrected chi connectivity index (χ2v) is 5.84. The van der Waals surface area contributed by atoms with E-state index in [0.29, 0.717) is 31.0 Å². The van der Waals surface area contributed by atoms with Crippen molar-refractivity contribution in [1.82, 2.24) is 14.7 Å². The first kappa shape index (κ1) is 15.5. The van der Waals surface area contributed by atoms with Crippen molar-refractivity contribution in [2.24, 2.45) is 13.0 Å². The number of amides is 1. The molecule has 1 aliphatic heterocycles. The molecular weight excluding hydrogens is 270 g/mol. The molecule has 0 aromatic carbocycles. The normalized spacial score (nSPS) is 16.2. The van der Waals surface area contributed by atoms with Crippen molar-refractivity contribution in [3.8, 4) is 0 Å². The van der Waals surface area contributed by atoms with Gasteiger partial charge in [-0.25, -0.2) is 0 Å². The fourth-order valence-electron chi connectivity index (χ4n) is 2.99. The van der Waals surface area contributed by atoms with Crippen LogP contribution < -0.4 is 0 Å². The molecule has 0 unspecified atom stereocenters. The maximum Gasteiger partial charge on any atom is 0.303 e. The lowest BCUT2D eigenvalue weighted by Crippen LogP contribution is -2.39.